The number of benzene rings is 2. The highest BCUT2D eigenvalue weighted by molar-refractivity contribution is 5.78. The minimum Gasteiger partial charge on any atom is -0.496 e. The van der Waals surface area contributed by atoms with Crippen LogP contribution in [0.4, 0.5) is 0 Å². The van der Waals surface area contributed by atoms with Crippen molar-refractivity contribution in [3.8, 4) is 16.9 Å². The van der Waals surface area contributed by atoms with E-state index in [2.05, 4.69) is 52.0 Å². The van der Waals surface area contributed by atoms with E-state index < -0.39 is 0 Å². The third kappa shape index (κ3) is 4.41. The predicted molar refractivity (Wildman–Crippen MR) is 128 cm³/mol. The van der Waals surface area contributed by atoms with Crippen LogP contribution in [0.2, 0.25) is 0 Å². The molecule has 0 aromatic heterocycles. The zero-order valence-corrected chi connectivity index (χ0v) is 19.5. The number of carbonyl (C=O) groups excluding carboxylic acids is 1. The van der Waals surface area contributed by atoms with E-state index in [4.69, 9.17) is 4.74 Å². The molecule has 0 atom stereocenters. The first-order valence-corrected chi connectivity index (χ1v) is 12.1. The Morgan fingerprint density at radius 2 is 1.81 bits per heavy atom. The van der Waals surface area contributed by atoms with Crippen LogP contribution in [-0.4, -0.2) is 73.0 Å². The standard InChI is InChI=1S/C27H35N3O2/c1-20-6-9-26(32-2)25(16-20)22-7-8-23-18-28(11-10-21(23)17-22)19-27(31)30-14-12-29(13-15-30)24-4-3-5-24/h6-9,16-17,24H,3-5,10-15,18-19H2,1-2H3. The van der Waals surface area contributed by atoms with Gasteiger partial charge >= 0.3 is 0 Å². The number of methoxy groups -OCH3 is 1. The largest absolute Gasteiger partial charge is 0.496 e. The van der Waals surface area contributed by atoms with Crippen LogP contribution in [0.1, 0.15) is 36.0 Å². The maximum atomic E-state index is 12.9. The van der Waals surface area contributed by atoms with Crippen LogP contribution < -0.4 is 4.74 Å². The summed E-state index contributed by atoms with van der Waals surface area (Å²) in [7, 11) is 1.73. The number of amides is 1. The first-order chi connectivity index (χ1) is 15.6. The molecule has 3 aliphatic rings. The molecule has 0 bridgehead atoms. The van der Waals surface area contributed by atoms with Gasteiger partial charge in [0.1, 0.15) is 5.75 Å². The van der Waals surface area contributed by atoms with Crippen molar-refractivity contribution >= 4 is 5.91 Å². The normalized spacial score (nSPS) is 20.0. The molecule has 0 unspecified atom stereocenters. The predicted octanol–water partition coefficient (Wildman–Crippen LogP) is 3.73. The second-order valence-corrected chi connectivity index (χ2v) is 9.65. The average Bonchev–Trinajstić information content (AvgIpc) is 2.78. The van der Waals surface area contributed by atoms with Gasteiger partial charge in [-0.1, -0.05) is 36.2 Å². The molecule has 2 heterocycles. The van der Waals surface area contributed by atoms with Gasteiger partial charge in [-0.05, 0) is 55.0 Å². The third-order valence-corrected chi connectivity index (χ3v) is 7.58. The summed E-state index contributed by atoms with van der Waals surface area (Å²) in [5.41, 5.74) is 6.32. The number of fused-ring (bicyclic) bond motifs is 1. The number of nitrogens with zero attached hydrogens (tertiary/aromatic N) is 3. The topological polar surface area (TPSA) is 36.0 Å². The lowest BCUT2D eigenvalue weighted by molar-refractivity contribution is -0.135. The van der Waals surface area contributed by atoms with Gasteiger partial charge in [0.25, 0.3) is 0 Å². The molecule has 1 saturated heterocycles. The summed E-state index contributed by atoms with van der Waals surface area (Å²) in [5, 5.41) is 0. The summed E-state index contributed by atoms with van der Waals surface area (Å²) in [6.45, 7) is 8.32. The molecule has 5 heteroatoms. The summed E-state index contributed by atoms with van der Waals surface area (Å²) >= 11 is 0. The molecule has 2 aliphatic heterocycles. The molecule has 1 aliphatic carbocycles. The van der Waals surface area contributed by atoms with E-state index in [0.717, 1.165) is 63.0 Å². The number of rotatable bonds is 5. The second kappa shape index (κ2) is 9.24. The smallest absolute Gasteiger partial charge is 0.236 e. The number of aryl methyl sites for hydroxylation is 1. The number of piperazine rings is 1. The van der Waals surface area contributed by atoms with Crippen molar-refractivity contribution in [1.82, 2.24) is 14.7 Å². The highest BCUT2D eigenvalue weighted by Crippen LogP contribution is 2.33. The van der Waals surface area contributed by atoms with Crippen LogP contribution >= 0.6 is 0 Å². The van der Waals surface area contributed by atoms with Crippen LogP contribution in [0.15, 0.2) is 36.4 Å². The molecular formula is C27H35N3O2. The molecule has 2 aromatic carbocycles. The van der Waals surface area contributed by atoms with Gasteiger partial charge in [0.15, 0.2) is 0 Å². The Kier molecular flexibility index (Phi) is 6.20. The fourth-order valence-corrected chi connectivity index (χ4v) is 5.34. The monoisotopic (exact) mass is 433 g/mol. The number of hydrogen-bond donors (Lipinski definition) is 0. The molecule has 0 radical (unpaired) electrons. The quantitative estimate of drug-likeness (QED) is 0.720. The summed E-state index contributed by atoms with van der Waals surface area (Å²) in [5.74, 6) is 1.21. The molecule has 170 valence electrons. The van der Waals surface area contributed by atoms with Gasteiger partial charge in [-0.15, -0.1) is 0 Å². The Morgan fingerprint density at radius 1 is 1.00 bits per heavy atom. The maximum absolute atomic E-state index is 12.9. The molecule has 1 amide bonds. The molecule has 2 fully saturated rings. The van der Waals surface area contributed by atoms with Crippen molar-refractivity contribution in [3.63, 3.8) is 0 Å². The molecule has 0 N–H and O–H groups in total. The van der Waals surface area contributed by atoms with Gasteiger partial charge in [-0.3, -0.25) is 14.6 Å². The van der Waals surface area contributed by atoms with E-state index in [0.29, 0.717) is 12.5 Å². The Morgan fingerprint density at radius 3 is 2.53 bits per heavy atom. The van der Waals surface area contributed by atoms with Crippen LogP contribution in [0.25, 0.3) is 11.1 Å². The first-order valence-electron chi connectivity index (χ1n) is 12.1. The molecule has 0 spiro atoms. The second-order valence-electron chi connectivity index (χ2n) is 9.65. The molecular weight excluding hydrogens is 398 g/mol. The van der Waals surface area contributed by atoms with Crippen molar-refractivity contribution < 1.29 is 9.53 Å². The van der Waals surface area contributed by atoms with Gasteiger partial charge < -0.3 is 9.64 Å². The minimum absolute atomic E-state index is 0.294. The van der Waals surface area contributed by atoms with E-state index in [1.54, 1.807) is 7.11 Å². The zero-order valence-electron chi connectivity index (χ0n) is 19.5. The molecule has 1 saturated carbocycles. The van der Waals surface area contributed by atoms with Gasteiger partial charge in [0.2, 0.25) is 5.91 Å². The maximum Gasteiger partial charge on any atom is 0.236 e. The zero-order chi connectivity index (χ0) is 22.1. The molecule has 5 nitrogen and oxygen atoms in total. The molecule has 32 heavy (non-hydrogen) atoms. The fourth-order valence-electron chi connectivity index (χ4n) is 5.34. The molecule has 5 rings (SSSR count). The van der Waals surface area contributed by atoms with Crippen LogP contribution in [0.3, 0.4) is 0 Å². The Bertz CT molecular complexity index is 977. The van der Waals surface area contributed by atoms with Crippen molar-refractivity contribution in [2.75, 3.05) is 46.4 Å². The third-order valence-electron chi connectivity index (χ3n) is 7.58. The number of hydrogen-bond acceptors (Lipinski definition) is 4. The average molecular weight is 434 g/mol. The lowest BCUT2D eigenvalue weighted by Gasteiger charge is -2.43. The van der Waals surface area contributed by atoms with Gasteiger partial charge in [-0.2, -0.15) is 0 Å². The van der Waals surface area contributed by atoms with Crippen molar-refractivity contribution in [2.24, 2.45) is 0 Å². The fraction of sp³-hybridized carbons (Fsp3) is 0.519. The van der Waals surface area contributed by atoms with E-state index >= 15 is 0 Å². The summed E-state index contributed by atoms with van der Waals surface area (Å²) in [4.78, 5) is 19.9. The van der Waals surface area contributed by atoms with Crippen molar-refractivity contribution in [3.05, 3.63) is 53.1 Å². The van der Waals surface area contributed by atoms with E-state index in [1.807, 2.05) is 6.07 Å². The van der Waals surface area contributed by atoms with Crippen LogP contribution in [-0.2, 0) is 17.8 Å². The van der Waals surface area contributed by atoms with Crippen molar-refractivity contribution in [2.45, 2.75) is 45.2 Å². The number of carbonyl (C=O) groups is 1. The lowest BCUT2D eigenvalue weighted by Crippen LogP contribution is -2.55. The minimum atomic E-state index is 0.294. The van der Waals surface area contributed by atoms with E-state index in [9.17, 15) is 4.79 Å². The van der Waals surface area contributed by atoms with E-state index in [-0.39, 0.29) is 0 Å². The lowest BCUT2D eigenvalue weighted by atomic mass is 9.91. The summed E-state index contributed by atoms with van der Waals surface area (Å²) in [6, 6.07) is 13.9. The van der Waals surface area contributed by atoms with Crippen LogP contribution in [0.5, 0.6) is 5.75 Å². The Labute approximate surface area is 191 Å². The summed E-state index contributed by atoms with van der Waals surface area (Å²) < 4.78 is 5.59. The van der Waals surface area contributed by atoms with Gasteiger partial charge in [0, 0.05) is 50.9 Å². The summed E-state index contributed by atoms with van der Waals surface area (Å²) in [6.07, 6.45) is 5.05. The Hall–Kier alpha value is -2.37. The Balaban J connectivity index is 1.20. The first kappa shape index (κ1) is 21.5. The van der Waals surface area contributed by atoms with Crippen molar-refractivity contribution in [1.29, 1.82) is 0 Å². The highest BCUT2D eigenvalue weighted by atomic mass is 16.5. The number of ether oxygens (including phenoxy) is 1. The van der Waals surface area contributed by atoms with E-state index in [1.165, 1.54) is 41.5 Å². The van der Waals surface area contributed by atoms with Crippen LogP contribution in [0, 0.1) is 6.92 Å². The van der Waals surface area contributed by atoms with Gasteiger partial charge in [-0.25, -0.2) is 0 Å². The SMILES string of the molecule is COc1ccc(C)cc1-c1ccc2c(c1)CCN(CC(=O)N1CCN(C3CCC3)CC1)C2. The molecule has 2 aromatic rings. The van der Waals surface area contributed by atoms with Gasteiger partial charge in [0.05, 0.1) is 13.7 Å². The highest BCUT2D eigenvalue weighted by Gasteiger charge is 2.30.